The lowest BCUT2D eigenvalue weighted by Gasteiger charge is -2.35. The van der Waals surface area contributed by atoms with E-state index in [2.05, 4.69) is 15.5 Å². The molecule has 1 amide bonds. The summed E-state index contributed by atoms with van der Waals surface area (Å²) in [6.07, 6.45) is 4.02. The monoisotopic (exact) mass is 462 g/mol. The fourth-order valence-corrected chi connectivity index (χ4v) is 4.69. The molecule has 1 fully saturated rings. The molecule has 0 saturated carbocycles. The van der Waals surface area contributed by atoms with Gasteiger partial charge in [-0.2, -0.15) is 0 Å². The van der Waals surface area contributed by atoms with Gasteiger partial charge in [0.1, 0.15) is 28.4 Å². The van der Waals surface area contributed by atoms with Crippen molar-refractivity contribution in [3.8, 4) is 0 Å². The molecule has 1 saturated heterocycles. The summed E-state index contributed by atoms with van der Waals surface area (Å²) in [5.74, 6) is -3.12. The first-order valence-electron chi connectivity index (χ1n) is 10.2. The Morgan fingerprint density at radius 2 is 2.16 bits per heavy atom. The molecular weight excluding hydrogens is 440 g/mol. The maximum atomic E-state index is 13.9. The minimum atomic E-state index is -0.718. The van der Waals surface area contributed by atoms with Crippen LogP contribution in [0.4, 0.5) is 8.78 Å². The number of carbonyl (C=O) groups is 2. The average Bonchev–Trinajstić information content (AvgIpc) is 3.25. The highest BCUT2D eigenvalue weighted by molar-refractivity contribution is 7.12. The molecule has 2 aliphatic heterocycles. The number of aliphatic hydroxyl groups is 1. The summed E-state index contributed by atoms with van der Waals surface area (Å²) >= 11 is 1.06. The smallest absolute Gasteiger partial charge is 0.313 e. The van der Waals surface area contributed by atoms with Crippen molar-refractivity contribution in [2.45, 2.75) is 31.8 Å². The number of nitrogens with one attached hydrogen (secondary N) is 1. The van der Waals surface area contributed by atoms with Crippen molar-refractivity contribution in [2.75, 3.05) is 13.6 Å². The number of aromatic nitrogens is 2. The Hall–Kier alpha value is -3.02. The third kappa shape index (κ3) is 4.31. The lowest BCUT2D eigenvalue weighted by atomic mass is 10.0. The summed E-state index contributed by atoms with van der Waals surface area (Å²) in [4.78, 5) is 27.4. The van der Waals surface area contributed by atoms with E-state index in [0.29, 0.717) is 11.6 Å². The summed E-state index contributed by atoms with van der Waals surface area (Å²) in [6, 6.07) is 3.28. The molecule has 0 radical (unpaired) electrons. The summed E-state index contributed by atoms with van der Waals surface area (Å²) in [5, 5.41) is 23.6. The molecule has 0 aliphatic carbocycles. The van der Waals surface area contributed by atoms with E-state index in [1.54, 1.807) is 11.9 Å². The standard InChI is InChI=1S/C21H21F2N5O3S/c1-24-15-4-2-3-7-28(15)21(31)17-19(30)18(29)13(10-25-17)20-27-26-16(32-20)8-11-5-6-12(22)9-14(11)23/h5-6,9-10,15,24,30H,2-4,7-8H2,1H3,(H,25,29)/p+1. The van der Waals surface area contributed by atoms with Crippen molar-refractivity contribution in [1.82, 2.24) is 20.4 Å². The van der Waals surface area contributed by atoms with E-state index in [4.69, 9.17) is 0 Å². The first-order valence-corrected chi connectivity index (χ1v) is 11.0. The molecule has 3 heterocycles. The molecule has 0 bridgehead atoms. The first kappa shape index (κ1) is 22.2. The molecule has 11 heteroatoms. The summed E-state index contributed by atoms with van der Waals surface area (Å²) in [5.41, 5.74) is 0.297. The number of aliphatic hydroxyl groups excluding tert-OH is 1. The van der Waals surface area contributed by atoms with Crippen LogP contribution in [0.25, 0.3) is 5.57 Å². The minimum absolute atomic E-state index is 0.0565. The highest BCUT2D eigenvalue weighted by Crippen LogP contribution is 2.26. The van der Waals surface area contributed by atoms with E-state index in [0.717, 1.165) is 42.7 Å². The van der Waals surface area contributed by atoms with Crippen LogP contribution in [-0.4, -0.2) is 51.7 Å². The third-order valence-electron chi connectivity index (χ3n) is 5.51. The number of hydrogen-bond acceptors (Lipinski definition) is 7. The molecule has 4 N–H and O–H groups in total. The maximum absolute atomic E-state index is 13.9. The second-order valence-electron chi connectivity index (χ2n) is 7.55. The van der Waals surface area contributed by atoms with Crippen LogP contribution in [0.1, 0.15) is 34.8 Å². The van der Waals surface area contributed by atoms with Crippen LogP contribution in [-0.2, 0) is 16.0 Å². The predicted octanol–water partition coefficient (Wildman–Crippen LogP) is 1.22. The molecule has 4 rings (SSSR count). The Labute approximate surface area is 186 Å². The molecule has 8 nitrogen and oxygen atoms in total. The average molecular weight is 463 g/mol. The van der Waals surface area contributed by atoms with Gasteiger partial charge in [0.25, 0.3) is 0 Å². The van der Waals surface area contributed by atoms with Crippen molar-refractivity contribution in [3.05, 3.63) is 63.1 Å². The van der Waals surface area contributed by atoms with Gasteiger partial charge in [-0.25, -0.2) is 8.78 Å². The zero-order chi connectivity index (χ0) is 22.8. The fourth-order valence-electron chi connectivity index (χ4n) is 3.80. The van der Waals surface area contributed by atoms with Gasteiger partial charge in [-0.3, -0.25) is 14.9 Å². The van der Waals surface area contributed by atoms with Gasteiger partial charge in [0, 0.05) is 19.0 Å². The molecule has 0 spiro atoms. The minimum Gasteiger partial charge on any atom is -0.500 e. The highest BCUT2D eigenvalue weighted by atomic mass is 32.1. The number of halogens is 2. The zero-order valence-electron chi connectivity index (χ0n) is 17.3. The number of carbonyl (C=O) groups excluding carboxylic acids is 2. The topological polar surface area (TPSA) is 112 Å². The Balaban J connectivity index is 1.51. The van der Waals surface area contributed by atoms with E-state index >= 15 is 0 Å². The predicted molar refractivity (Wildman–Crippen MR) is 112 cm³/mol. The van der Waals surface area contributed by atoms with Gasteiger partial charge in [0.15, 0.2) is 5.01 Å². The Morgan fingerprint density at radius 1 is 1.34 bits per heavy atom. The summed E-state index contributed by atoms with van der Waals surface area (Å²) in [7, 11) is 1.77. The van der Waals surface area contributed by atoms with Crippen LogP contribution in [0.3, 0.4) is 0 Å². The van der Waals surface area contributed by atoms with Gasteiger partial charge in [0.2, 0.25) is 17.2 Å². The van der Waals surface area contributed by atoms with Gasteiger partial charge in [-0.1, -0.05) is 17.4 Å². The number of amides is 1. The number of Topliss-reactive ketones (excluding diaryl/α,β-unsaturated/α-hetero) is 1. The van der Waals surface area contributed by atoms with E-state index in [9.17, 15) is 23.5 Å². The van der Waals surface area contributed by atoms with Gasteiger partial charge >= 0.3 is 5.91 Å². The van der Waals surface area contributed by atoms with Crippen molar-refractivity contribution in [3.63, 3.8) is 0 Å². The van der Waals surface area contributed by atoms with Crippen molar-refractivity contribution in [2.24, 2.45) is 0 Å². The van der Waals surface area contributed by atoms with Gasteiger partial charge in [0.05, 0.1) is 6.17 Å². The van der Waals surface area contributed by atoms with E-state index < -0.39 is 29.1 Å². The molecule has 1 aromatic heterocycles. The van der Waals surface area contributed by atoms with Gasteiger partial charge < -0.3 is 15.3 Å². The number of quaternary nitrogens is 1. The number of piperidine rings is 1. The number of rotatable bonds is 5. The zero-order valence-corrected chi connectivity index (χ0v) is 18.1. The van der Waals surface area contributed by atoms with Crippen molar-refractivity contribution in [1.29, 1.82) is 0 Å². The molecule has 1 unspecified atom stereocenters. The largest absolute Gasteiger partial charge is 0.500 e. The van der Waals surface area contributed by atoms with E-state index in [-0.39, 0.29) is 34.4 Å². The Bertz CT molecular complexity index is 1130. The number of nitrogens with two attached hydrogens (primary N) is 1. The second kappa shape index (κ2) is 9.23. The molecular formula is C21H22F2N5O3S+. The van der Waals surface area contributed by atoms with Crippen LogP contribution < -0.4 is 10.6 Å². The SMILES string of the molecule is CNC1CCCCN1C(=O)C1=C(O)C(=O)C(c2nnc(Cc3ccc(F)cc3F)s2)=C[NH2+]1. The molecule has 168 valence electrons. The summed E-state index contributed by atoms with van der Waals surface area (Å²) < 4.78 is 27.0. The quantitative estimate of drug-likeness (QED) is 0.616. The molecule has 32 heavy (non-hydrogen) atoms. The van der Waals surface area contributed by atoms with E-state index in [1.165, 1.54) is 17.6 Å². The lowest BCUT2D eigenvalue weighted by molar-refractivity contribution is -0.531. The van der Waals surface area contributed by atoms with Crippen LogP contribution in [0.2, 0.25) is 0 Å². The summed E-state index contributed by atoms with van der Waals surface area (Å²) in [6.45, 7) is 0.541. The third-order valence-corrected chi connectivity index (χ3v) is 6.47. The number of allylic oxidation sites excluding steroid dienone is 1. The number of likely N-dealkylation sites (tertiary alicyclic amines) is 1. The van der Waals surface area contributed by atoms with Gasteiger partial charge in [-0.15, -0.1) is 10.2 Å². The first-order chi connectivity index (χ1) is 15.4. The normalized spacial score (nSPS) is 19.3. The van der Waals surface area contributed by atoms with E-state index in [1.807, 2.05) is 0 Å². The molecule has 1 aromatic carbocycles. The molecule has 2 aliphatic rings. The Morgan fingerprint density at radius 3 is 2.91 bits per heavy atom. The lowest BCUT2D eigenvalue weighted by Crippen LogP contribution is -2.81. The molecule has 1 atom stereocenters. The molecule has 2 aromatic rings. The maximum Gasteiger partial charge on any atom is 0.313 e. The van der Waals surface area contributed by atoms with Crippen LogP contribution in [0, 0.1) is 11.6 Å². The highest BCUT2D eigenvalue weighted by Gasteiger charge is 2.38. The van der Waals surface area contributed by atoms with Gasteiger partial charge in [-0.05, 0) is 37.9 Å². The Kier molecular flexibility index (Phi) is 6.40. The van der Waals surface area contributed by atoms with Crippen molar-refractivity contribution >= 4 is 28.6 Å². The van der Waals surface area contributed by atoms with Crippen LogP contribution in [0.5, 0.6) is 0 Å². The van der Waals surface area contributed by atoms with Crippen LogP contribution in [0.15, 0.2) is 35.9 Å². The van der Waals surface area contributed by atoms with Crippen LogP contribution >= 0.6 is 11.3 Å². The fraction of sp³-hybridized carbons (Fsp3) is 0.333. The van der Waals surface area contributed by atoms with Crippen molar-refractivity contribution < 1.29 is 28.8 Å². The number of ketones is 1. The number of nitrogens with zero attached hydrogens (tertiary/aromatic N) is 3. The second-order valence-corrected chi connectivity index (χ2v) is 8.61. The number of hydrogen-bond donors (Lipinski definition) is 3. The number of benzene rings is 1.